The number of fused-ring (bicyclic) bond motifs is 1. The zero-order valence-corrected chi connectivity index (χ0v) is 32.2. The summed E-state index contributed by atoms with van der Waals surface area (Å²) in [6.45, 7) is 21.8. The molecule has 0 aromatic heterocycles. The minimum Gasteiger partial charge on any atom is -0.493 e. The van der Waals surface area contributed by atoms with Crippen LogP contribution in [0.3, 0.4) is 0 Å². The lowest BCUT2D eigenvalue weighted by Gasteiger charge is -2.36. The zero-order valence-electron chi connectivity index (χ0n) is 32.2. The Balaban J connectivity index is 1.77. The molecule has 0 fully saturated rings. The Kier molecular flexibility index (Phi) is 17.1. The number of nitrogens with one attached hydrogen (secondary N) is 4. The van der Waals surface area contributed by atoms with Crippen molar-refractivity contribution in [1.82, 2.24) is 20.9 Å². The zero-order chi connectivity index (χ0) is 36.6. The standard InChI is InChI=1S/C41H66N6O3/c1-10-14-19-35-33(18-16-20-44-38(42)22-31(11-2)12-3)27-50-37-24-34-25-46-40(45-21-15-17-32(34)23-36(35)37)29(7)47(26-28(5)6)41(48)39(43-13-4)30(8)49-9/h13,15,17-19,23,28-31,34,39,43H,4,10-12,14,16,20-22,24-27H2,1-3,5-9H3,(H2,42,44)(H,45,46)/b17-15-,33-18-,35-19+/t29-,30-,34-,39-/m0/s1. The summed E-state index contributed by atoms with van der Waals surface area (Å²) in [6, 6.07) is -0.796. The summed E-state index contributed by atoms with van der Waals surface area (Å²) in [7, 11) is 1.62. The van der Waals surface area contributed by atoms with Gasteiger partial charge in [-0.2, -0.15) is 0 Å². The quantitative estimate of drug-likeness (QED) is 0.0687. The van der Waals surface area contributed by atoms with Gasteiger partial charge < -0.3 is 30.3 Å². The minimum absolute atomic E-state index is 0.0325. The number of ether oxygens (including phenoxy) is 2. The molecule has 0 unspecified atom stereocenters. The van der Waals surface area contributed by atoms with E-state index in [4.69, 9.17) is 19.9 Å². The fourth-order valence-corrected chi connectivity index (χ4v) is 6.81. The Hall–Kier alpha value is -3.59. The Morgan fingerprint density at radius 3 is 2.62 bits per heavy atom. The van der Waals surface area contributed by atoms with Crippen LogP contribution in [0.4, 0.5) is 0 Å². The van der Waals surface area contributed by atoms with Crippen LogP contribution < -0.4 is 16.0 Å². The van der Waals surface area contributed by atoms with Crippen molar-refractivity contribution >= 4 is 17.6 Å². The smallest absolute Gasteiger partial charge is 0.248 e. The van der Waals surface area contributed by atoms with Crippen LogP contribution in [0.15, 0.2) is 76.2 Å². The normalized spacial score (nSPS) is 22.7. The van der Waals surface area contributed by atoms with Crippen molar-refractivity contribution in [2.24, 2.45) is 22.7 Å². The average molecular weight is 691 g/mol. The lowest BCUT2D eigenvalue weighted by Crippen LogP contribution is -2.57. The second-order valence-corrected chi connectivity index (χ2v) is 14.2. The van der Waals surface area contributed by atoms with Crippen molar-refractivity contribution in [3.05, 3.63) is 71.2 Å². The molecule has 1 amide bonds. The predicted molar refractivity (Wildman–Crippen MR) is 208 cm³/mol. The van der Waals surface area contributed by atoms with Crippen molar-refractivity contribution in [1.29, 1.82) is 5.41 Å². The number of amidine groups is 2. The molecule has 0 spiro atoms. The van der Waals surface area contributed by atoms with Gasteiger partial charge in [0.15, 0.2) is 0 Å². The predicted octanol–water partition coefficient (Wildman–Crippen LogP) is 7.22. The van der Waals surface area contributed by atoms with Gasteiger partial charge in [0.1, 0.15) is 24.2 Å². The number of rotatable bonds is 18. The Bertz CT molecular complexity index is 1340. The maximum atomic E-state index is 14.0. The number of carbonyl (C=O) groups is 1. The first kappa shape index (κ1) is 40.8. The second kappa shape index (κ2) is 20.9. The molecule has 4 N–H and O–H groups in total. The minimum atomic E-state index is -0.546. The van der Waals surface area contributed by atoms with E-state index >= 15 is 0 Å². The van der Waals surface area contributed by atoms with Crippen molar-refractivity contribution in [3.63, 3.8) is 0 Å². The molecule has 278 valence electrons. The van der Waals surface area contributed by atoms with Gasteiger partial charge in [0.05, 0.1) is 24.5 Å². The summed E-state index contributed by atoms with van der Waals surface area (Å²) in [4.78, 5) is 20.8. The molecule has 2 heterocycles. The Labute approximate surface area is 303 Å². The molecule has 9 heteroatoms. The number of amides is 1. The van der Waals surface area contributed by atoms with E-state index < -0.39 is 6.04 Å². The highest BCUT2D eigenvalue weighted by atomic mass is 16.5. The topological polar surface area (TPSA) is 111 Å². The molecule has 0 saturated carbocycles. The van der Waals surface area contributed by atoms with E-state index in [1.807, 2.05) is 11.8 Å². The molecular formula is C41H66N6O3. The first-order valence-corrected chi connectivity index (χ1v) is 19.0. The van der Waals surface area contributed by atoms with E-state index in [9.17, 15) is 4.79 Å². The molecule has 0 saturated heterocycles. The SMILES string of the molecule is C=CN[C@H](C(=O)N(CC(C)C)[C@@H](C)/C1=N/C/C=C\C2=CC3=C(C[C@H]2CN1)OCC(=C/CCNC(=N)CC(CC)CC)/C3=C\CCC)[C@H](C)OC. The third-order valence-electron chi connectivity index (χ3n) is 10.0. The van der Waals surface area contributed by atoms with Crippen molar-refractivity contribution < 1.29 is 14.3 Å². The molecule has 4 atom stereocenters. The van der Waals surface area contributed by atoms with Gasteiger partial charge in [-0.3, -0.25) is 15.2 Å². The second-order valence-electron chi connectivity index (χ2n) is 14.2. The average Bonchev–Trinajstić information content (AvgIpc) is 3.21. The fourth-order valence-electron chi connectivity index (χ4n) is 6.81. The highest BCUT2D eigenvalue weighted by Crippen LogP contribution is 2.40. The number of unbranched alkanes of at least 4 members (excludes halogenated alkanes) is 1. The molecule has 3 aliphatic rings. The highest BCUT2D eigenvalue weighted by molar-refractivity contribution is 5.93. The number of hydrogen-bond acceptors (Lipinski definition) is 7. The lowest BCUT2D eigenvalue weighted by atomic mass is 9.81. The molecule has 0 aromatic carbocycles. The lowest BCUT2D eigenvalue weighted by molar-refractivity contribution is -0.137. The van der Waals surface area contributed by atoms with Crippen molar-refractivity contribution in [2.75, 3.05) is 39.9 Å². The van der Waals surface area contributed by atoms with Crippen LogP contribution in [0, 0.1) is 23.2 Å². The van der Waals surface area contributed by atoms with Gasteiger partial charge in [0.25, 0.3) is 0 Å². The van der Waals surface area contributed by atoms with E-state index in [1.54, 1.807) is 13.3 Å². The number of nitrogens with zero attached hydrogens (tertiary/aromatic N) is 2. The van der Waals surface area contributed by atoms with Gasteiger partial charge in [-0.25, -0.2) is 0 Å². The van der Waals surface area contributed by atoms with Crippen LogP contribution in [0.25, 0.3) is 0 Å². The van der Waals surface area contributed by atoms with E-state index in [2.05, 4.69) is 94.5 Å². The van der Waals surface area contributed by atoms with Gasteiger partial charge in [-0.05, 0) is 67.5 Å². The molecule has 50 heavy (non-hydrogen) atoms. The number of methoxy groups -OCH3 is 1. The summed E-state index contributed by atoms with van der Waals surface area (Å²) >= 11 is 0. The molecule has 9 nitrogen and oxygen atoms in total. The molecule has 0 bridgehead atoms. The van der Waals surface area contributed by atoms with Crippen LogP contribution in [-0.4, -0.2) is 80.6 Å². The number of carbonyl (C=O) groups excluding carboxylic acids is 1. The summed E-state index contributed by atoms with van der Waals surface area (Å²) in [5.41, 5.74) is 4.97. The van der Waals surface area contributed by atoms with E-state index in [0.29, 0.717) is 38.0 Å². The number of allylic oxidation sites excluding steroid dienone is 5. The largest absolute Gasteiger partial charge is 0.493 e. The molecule has 2 aliphatic heterocycles. The van der Waals surface area contributed by atoms with Crippen LogP contribution in [0.2, 0.25) is 0 Å². The summed E-state index contributed by atoms with van der Waals surface area (Å²) in [6.07, 6.45) is 19.4. The van der Waals surface area contributed by atoms with E-state index in [-0.39, 0.29) is 29.9 Å². The van der Waals surface area contributed by atoms with Crippen LogP contribution in [0.5, 0.6) is 0 Å². The fraction of sp³-hybridized carbons (Fsp3) is 0.634. The molecule has 1 aliphatic carbocycles. The third-order valence-corrected chi connectivity index (χ3v) is 10.0. The maximum absolute atomic E-state index is 14.0. The highest BCUT2D eigenvalue weighted by Gasteiger charge is 2.35. The first-order valence-electron chi connectivity index (χ1n) is 19.0. The molecule has 0 radical (unpaired) electrons. The van der Waals surface area contributed by atoms with Crippen molar-refractivity contribution in [3.8, 4) is 0 Å². The first-order chi connectivity index (χ1) is 24.1. The summed E-state index contributed by atoms with van der Waals surface area (Å²) in [5, 5.41) is 18.5. The van der Waals surface area contributed by atoms with Gasteiger partial charge >= 0.3 is 0 Å². The number of hydrogen-bond donors (Lipinski definition) is 4. The van der Waals surface area contributed by atoms with Crippen molar-refractivity contribution in [2.45, 2.75) is 112 Å². The van der Waals surface area contributed by atoms with Gasteiger partial charge in [0, 0.05) is 51.1 Å². The molecular weight excluding hydrogens is 624 g/mol. The Morgan fingerprint density at radius 1 is 1.20 bits per heavy atom. The summed E-state index contributed by atoms with van der Waals surface area (Å²) in [5.74, 6) is 3.53. The van der Waals surface area contributed by atoms with Crippen LogP contribution in [0.1, 0.15) is 93.4 Å². The monoisotopic (exact) mass is 691 g/mol. The molecule has 3 rings (SSSR count). The van der Waals surface area contributed by atoms with E-state index in [0.717, 1.165) is 63.1 Å². The molecule has 0 aromatic rings. The van der Waals surface area contributed by atoms with Gasteiger partial charge in [-0.15, -0.1) is 0 Å². The van der Waals surface area contributed by atoms with Gasteiger partial charge in [-0.1, -0.05) is 84.8 Å². The van der Waals surface area contributed by atoms with Crippen LogP contribution in [-0.2, 0) is 14.3 Å². The number of aliphatic imine (C=N–C) groups is 1. The summed E-state index contributed by atoms with van der Waals surface area (Å²) < 4.78 is 12.0. The van der Waals surface area contributed by atoms with Crippen LogP contribution >= 0.6 is 0 Å². The van der Waals surface area contributed by atoms with Gasteiger partial charge in [0.2, 0.25) is 5.91 Å². The Morgan fingerprint density at radius 2 is 1.96 bits per heavy atom. The third kappa shape index (κ3) is 11.5. The maximum Gasteiger partial charge on any atom is 0.248 e. The van der Waals surface area contributed by atoms with E-state index in [1.165, 1.54) is 22.3 Å².